The molecule has 1 rings (SSSR count). The van der Waals surface area contributed by atoms with Gasteiger partial charge in [-0.25, -0.2) is 4.79 Å². The van der Waals surface area contributed by atoms with E-state index < -0.39 is 18.0 Å². The normalized spacial score (nSPS) is 11.9. The average Bonchev–Trinajstić information content (AvgIpc) is 2.42. The van der Waals surface area contributed by atoms with Gasteiger partial charge in [-0.05, 0) is 11.6 Å². The molecule has 106 valence electrons. The van der Waals surface area contributed by atoms with E-state index in [9.17, 15) is 9.59 Å². The predicted octanol–water partition coefficient (Wildman–Crippen LogP) is 2.55. The van der Waals surface area contributed by atoms with E-state index in [1.54, 1.807) is 30.3 Å². The second-order valence-corrected chi connectivity index (χ2v) is 4.00. The number of esters is 2. The molecule has 1 atom stereocenters. The number of hydrogen-bond acceptors (Lipinski definition) is 5. The van der Waals surface area contributed by atoms with E-state index in [1.165, 1.54) is 20.1 Å². The zero-order chi connectivity index (χ0) is 15.1. The van der Waals surface area contributed by atoms with Gasteiger partial charge in [-0.2, -0.15) is 0 Å². The standard InChI is InChI=1S/C15H16O5/c1-10(16)4-5-12-6-8-13(9-7-12)14(15(18)19-3)20-11(2)17/h4-9,14,16H,1H2,2-3H3/b5-4+. The van der Waals surface area contributed by atoms with Crippen LogP contribution in [0.4, 0.5) is 0 Å². The molecule has 0 aliphatic heterocycles. The molecule has 0 heterocycles. The van der Waals surface area contributed by atoms with Crippen molar-refractivity contribution in [1.29, 1.82) is 0 Å². The van der Waals surface area contributed by atoms with Gasteiger partial charge in [0.15, 0.2) is 0 Å². The Bertz CT molecular complexity index is 528. The molecule has 0 aromatic heterocycles. The molecule has 0 amide bonds. The third-order valence-electron chi connectivity index (χ3n) is 2.41. The molecule has 0 aliphatic rings. The number of hydrogen-bond donors (Lipinski definition) is 1. The van der Waals surface area contributed by atoms with Crippen LogP contribution < -0.4 is 0 Å². The van der Waals surface area contributed by atoms with Crippen molar-refractivity contribution < 1.29 is 24.2 Å². The Hall–Kier alpha value is -2.56. The van der Waals surface area contributed by atoms with Crippen LogP contribution in [0.2, 0.25) is 0 Å². The van der Waals surface area contributed by atoms with Crippen molar-refractivity contribution in [3.63, 3.8) is 0 Å². The molecule has 1 aromatic rings. The minimum Gasteiger partial charge on any atom is -0.509 e. The summed E-state index contributed by atoms with van der Waals surface area (Å²) < 4.78 is 9.54. The fourth-order valence-electron chi connectivity index (χ4n) is 1.50. The Morgan fingerprint density at radius 2 is 1.90 bits per heavy atom. The molecule has 1 unspecified atom stereocenters. The molecule has 0 radical (unpaired) electrons. The van der Waals surface area contributed by atoms with Crippen molar-refractivity contribution in [1.82, 2.24) is 0 Å². The highest BCUT2D eigenvalue weighted by molar-refractivity contribution is 5.80. The number of methoxy groups -OCH3 is 1. The maximum atomic E-state index is 11.6. The Kier molecular flexibility index (Phi) is 5.53. The molecular weight excluding hydrogens is 260 g/mol. The van der Waals surface area contributed by atoms with Gasteiger partial charge in [0.25, 0.3) is 0 Å². The van der Waals surface area contributed by atoms with Crippen LogP contribution in [0.5, 0.6) is 0 Å². The van der Waals surface area contributed by atoms with E-state index >= 15 is 0 Å². The number of carbonyl (C=O) groups excluding carboxylic acids is 2. The van der Waals surface area contributed by atoms with E-state index in [-0.39, 0.29) is 5.76 Å². The number of rotatable bonds is 5. The van der Waals surface area contributed by atoms with Gasteiger partial charge in [0.05, 0.1) is 7.11 Å². The van der Waals surface area contributed by atoms with Crippen LogP contribution in [0.25, 0.3) is 6.08 Å². The Morgan fingerprint density at radius 1 is 1.30 bits per heavy atom. The predicted molar refractivity (Wildman–Crippen MR) is 73.8 cm³/mol. The summed E-state index contributed by atoms with van der Waals surface area (Å²) in [5, 5.41) is 8.96. The quantitative estimate of drug-likeness (QED) is 0.508. The fraction of sp³-hybridized carbons (Fsp3) is 0.200. The van der Waals surface area contributed by atoms with Crippen LogP contribution in [-0.4, -0.2) is 24.2 Å². The number of benzene rings is 1. The Labute approximate surface area is 117 Å². The van der Waals surface area contributed by atoms with Crippen molar-refractivity contribution >= 4 is 18.0 Å². The van der Waals surface area contributed by atoms with Crippen molar-refractivity contribution in [2.75, 3.05) is 7.11 Å². The third-order valence-corrected chi connectivity index (χ3v) is 2.41. The van der Waals surface area contributed by atoms with Crippen LogP contribution >= 0.6 is 0 Å². The van der Waals surface area contributed by atoms with Gasteiger partial charge in [-0.1, -0.05) is 36.9 Å². The van der Waals surface area contributed by atoms with Gasteiger partial charge in [0, 0.05) is 12.5 Å². The maximum absolute atomic E-state index is 11.6. The van der Waals surface area contributed by atoms with Crippen LogP contribution in [-0.2, 0) is 19.1 Å². The second-order valence-electron chi connectivity index (χ2n) is 4.00. The molecule has 1 aromatic carbocycles. The summed E-state index contributed by atoms with van der Waals surface area (Å²) in [6.07, 6.45) is 2.02. The van der Waals surface area contributed by atoms with E-state index in [4.69, 9.17) is 9.84 Å². The largest absolute Gasteiger partial charge is 0.509 e. The molecule has 5 nitrogen and oxygen atoms in total. The summed E-state index contributed by atoms with van der Waals surface area (Å²) in [6, 6.07) is 6.72. The Morgan fingerprint density at radius 3 is 2.35 bits per heavy atom. The summed E-state index contributed by atoms with van der Waals surface area (Å²) in [7, 11) is 1.22. The average molecular weight is 276 g/mol. The first-order valence-electron chi connectivity index (χ1n) is 5.85. The molecule has 0 fully saturated rings. The van der Waals surface area contributed by atoms with Crippen molar-refractivity contribution in [2.24, 2.45) is 0 Å². The molecule has 0 aliphatic carbocycles. The van der Waals surface area contributed by atoms with Crippen molar-refractivity contribution in [3.8, 4) is 0 Å². The summed E-state index contributed by atoms with van der Waals surface area (Å²) in [5.41, 5.74) is 1.31. The molecule has 1 N–H and O–H groups in total. The molecule has 0 saturated heterocycles. The first-order chi connectivity index (χ1) is 9.43. The van der Waals surface area contributed by atoms with Gasteiger partial charge in [-0.15, -0.1) is 0 Å². The highest BCUT2D eigenvalue weighted by Gasteiger charge is 2.24. The first kappa shape index (κ1) is 15.5. The van der Waals surface area contributed by atoms with E-state index in [0.717, 1.165) is 5.56 Å². The summed E-state index contributed by atoms with van der Waals surface area (Å²) in [5.74, 6) is -1.27. The number of ether oxygens (including phenoxy) is 2. The van der Waals surface area contributed by atoms with Crippen molar-refractivity contribution in [2.45, 2.75) is 13.0 Å². The highest BCUT2D eigenvalue weighted by Crippen LogP contribution is 2.20. The topological polar surface area (TPSA) is 72.8 Å². The summed E-state index contributed by atoms with van der Waals surface area (Å²) >= 11 is 0. The molecule has 5 heteroatoms. The van der Waals surface area contributed by atoms with Crippen molar-refractivity contribution in [3.05, 3.63) is 53.8 Å². The number of aliphatic hydroxyl groups excluding tert-OH is 1. The molecule has 0 bridgehead atoms. The second kappa shape index (κ2) is 7.13. The minimum atomic E-state index is -1.08. The maximum Gasteiger partial charge on any atom is 0.351 e. The van der Waals surface area contributed by atoms with Crippen LogP contribution in [0.1, 0.15) is 24.2 Å². The van der Waals surface area contributed by atoms with Crippen LogP contribution in [0.3, 0.4) is 0 Å². The SMILES string of the molecule is C=C(O)/C=C/c1ccc(C(OC(C)=O)C(=O)OC)cc1. The number of carbonyl (C=O) groups is 2. The molecular formula is C15H16O5. The highest BCUT2D eigenvalue weighted by atomic mass is 16.6. The summed E-state index contributed by atoms with van der Waals surface area (Å²) in [4.78, 5) is 22.6. The third kappa shape index (κ3) is 4.61. The van der Waals surface area contributed by atoms with E-state index in [1.807, 2.05) is 0 Å². The monoisotopic (exact) mass is 276 g/mol. The van der Waals surface area contributed by atoms with E-state index in [0.29, 0.717) is 5.56 Å². The zero-order valence-electron chi connectivity index (χ0n) is 11.3. The zero-order valence-corrected chi connectivity index (χ0v) is 11.3. The lowest BCUT2D eigenvalue weighted by atomic mass is 10.1. The van der Waals surface area contributed by atoms with Gasteiger partial charge in [-0.3, -0.25) is 4.79 Å². The molecule has 0 saturated carbocycles. The fourth-order valence-corrected chi connectivity index (χ4v) is 1.50. The Balaban J connectivity index is 2.95. The minimum absolute atomic E-state index is 0.0542. The van der Waals surface area contributed by atoms with E-state index in [2.05, 4.69) is 11.3 Å². The number of aliphatic hydroxyl groups is 1. The van der Waals surface area contributed by atoms with Gasteiger partial charge < -0.3 is 14.6 Å². The first-order valence-corrected chi connectivity index (χ1v) is 5.85. The van der Waals surface area contributed by atoms with Crippen LogP contribution in [0.15, 0.2) is 42.7 Å². The lowest BCUT2D eigenvalue weighted by Crippen LogP contribution is -2.19. The molecule has 20 heavy (non-hydrogen) atoms. The number of allylic oxidation sites excluding steroid dienone is 1. The lowest BCUT2D eigenvalue weighted by molar-refractivity contribution is -0.165. The summed E-state index contributed by atoms with van der Waals surface area (Å²) in [6.45, 7) is 4.56. The lowest BCUT2D eigenvalue weighted by Gasteiger charge is -2.15. The van der Waals surface area contributed by atoms with Crippen LogP contribution in [0, 0.1) is 0 Å². The van der Waals surface area contributed by atoms with Gasteiger partial charge >= 0.3 is 11.9 Å². The smallest absolute Gasteiger partial charge is 0.351 e. The van der Waals surface area contributed by atoms with Gasteiger partial charge in [0.1, 0.15) is 5.76 Å². The van der Waals surface area contributed by atoms with Gasteiger partial charge in [0.2, 0.25) is 6.10 Å². The molecule has 0 spiro atoms.